The van der Waals surface area contributed by atoms with E-state index >= 15 is 0 Å². The Morgan fingerprint density at radius 2 is 1.31 bits per heavy atom. The fraction of sp³-hybridized carbons (Fsp3) is 0.200. The molecule has 0 unspecified atom stereocenters. The molecule has 0 saturated carbocycles. The van der Waals surface area contributed by atoms with Crippen molar-refractivity contribution in [2.45, 2.75) is 17.5 Å². The SMILES string of the molecule is COc1ccc([C@@H]2[C@@H](C(=O)O)[C@H](c3ccc4c(c3)OCO4)CN2CC(=O)NC(c2ccccc2)(c2ccccc2)c2ccccc2)cc1. The maximum Gasteiger partial charge on any atom is 0.309 e. The lowest BCUT2D eigenvalue weighted by Crippen LogP contribution is -2.51. The van der Waals surface area contributed by atoms with E-state index in [0.29, 0.717) is 23.8 Å². The topological polar surface area (TPSA) is 97.3 Å². The van der Waals surface area contributed by atoms with E-state index < -0.39 is 29.4 Å². The Labute approximate surface area is 279 Å². The van der Waals surface area contributed by atoms with Crippen LogP contribution in [0.15, 0.2) is 133 Å². The van der Waals surface area contributed by atoms with E-state index in [0.717, 1.165) is 27.8 Å². The Hall–Kier alpha value is -5.60. The van der Waals surface area contributed by atoms with Crippen LogP contribution in [-0.4, -0.2) is 48.9 Å². The zero-order valence-electron chi connectivity index (χ0n) is 26.5. The third-order valence-electron chi connectivity index (χ3n) is 9.46. The van der Waals surface area contributed by atoms with E-state index in [2.05, 4.69) is 5.32 Å². The zero-order valence-corrected chi connectivity index (χ0v) is 26.5. The van der Waals surface area contributed by atoms with Gasteiger partial charge in [-0.1, -0.05) is 109 Å². The number of benzene rings is 5. The minimum atomic E-state index is -1.00. The number of rotatable bonds is 10. The molecule has 242 valence electrons. The summed E-state index contributed by atoms with van der Waals surface area (Å²) in [5, 5.41) is 14.2. The zero-order chi connectivity index (χ0) is 33.1. The number of nitrogens with one attached hydrogen (secondary N) is 1. The summed E-state index contributed by atoms with van der Waals surface area (Å²) in [6.07, 6.45) is 0. The summed E-state index contributed by atoms with van der Waals surface area (Å²) in [5.74, 6) is -0.543. The van der Waals surface area contributed by atoms with Crippen molar-refractivity contribution in [3.63, 3.8) is 0 Å². The number of carbonyl (C=O) groups is 2. The average Bonchev–Trinajstić information content (AvgIpc) is 3.76. The lowest BCUT2D eigenvalue weighted by Gasteiger charge is -2.37. The lowest BCUT2D eigenvalue weighted by molar-refractivity contribution is -0.143. The standard InChI is InChI=1S/C40H36N2O6/c1-46-32-20-17-27(18-21-32)38-37(39(44)45)33(28-19-22-34-35(23-28)48-26-47-34)24-42(38)25-36(43)41-40(29-11-5-2-6-12-29,30-13-7-3-8-14-30)31-15-9-4-10-16-31/h2-23,33,37-38H,24-26H2,1H3,(H,41,43)(H,44,45)/t33-,37-,38+/m0/s1. The molecule has 1 fully saturated rings. The first-order chi connectivity index (χ1) is 23.5. The smallest absolute Gasteiger partial charge is 0.309 e. The highest BCUT2D eigenvalue weighted by atomic mass is 16.7. The van der Waals surface area contributed by atoms with Gasteiger partial charge in [0.2, 0.25) is 12.7 Å². The van der Waals surface area contributed by atoms with Crippen LogP contribution in [0.2, 0.25) is 0 Å². The molecule has 7 rings (SSSR count). The number of likely N-dealkylation sites (tertiary alicyclic amines) is 1. The monoisotopic (exact) mass is 640 g/mol. The van der Waals surface area contributed by atoms with Crippen LogP contribution in [0.25, 0.3) is 0 Å². The van der Waals surface area contributed by atoms with Crippen LogP contribution in [0.3, 0.4) is 0 Å². The van der Waals surface area contributed by atoms with Crippen LogP contribution in [-0.2, 0) is 15.1 Å². The Balaban J connectivity index is 1.29. The van der Waals surface area contributed by atoms with Gasteiger partial charge in [0, 0.05) is 18.5 Å². The first-order valence-corrected chi connectivity index (χ1v) is 16.0. The quantitative estimate of drug-likeness (QED) is 0.171. The molecule has 0 bridgehead atoms. The molecule has 0 aromatic heterocycles. The average molecular weight is 641 g/mol. The van der Waals surface area contributed by atoms with E-state index in [1.807, 2.05) is 138 Å². The van der Waals surface area contributed by atoms with Crippen molar-refractivity contribution in [2.24, 2.45) is 5.92 Å². The van der Waals surface area contributed by atoms with Crippen molar-refractivity contribution < 1.29 is 28.9 Å². The minimum absolute atomic E-state index is 0.0320. The number of carbonyl (C=O) groups excluding carboxylic acids is 1. The molecule has 0 spiro atoms. The number of amides is 1. The molecule has 8 heteroatoms. The van der Waals surface area contributed by atoms with Crippen LogP contribution in [0.5, 0.6) is 17.2 Å². The summed E-state index contributed by atoms with van der Waals surface area (Å²) in [6, 6.07) is 42.2. The van der Waals surface area contributed by atoms with Gasteiger partial charge >= 0.3 is 5.97 Å². The van der Waals surface area contributed by atoms with E-state index in [1.54, 1.807) is 7.11 Å². The van der Waals surface area contributed by atoms with Crippen molar-refractivity contribution in [2.75, 3.05) is 27.0 Å². The van der Waals surface area contributed by atoms with Crippen LogP contribution >= 0.6 is 0 Å². The fourth-order valence-electron chi connectivity index (χ4n) is 7.29. The molecule has 48 heavy (non-hydrogen) atoms. The maximum atomic E-state index is 14.5. The van der Waals surface area contributed by atoms with Crippen molar-refractivity contribution in [1.29, 1.82) is 0 Å². The van der Waals surface area contributed by atoms with Gasteiger partial charge in [0.25, 0.3) is 0 Å². The highest BCUT2D eigenvalue weighted by molar-refractivity contribution is 5.82. The Bertz CT molecular complexity index is 1790. The number of nitrogens with zero attached hydrogens (tertiary/aromatic N) is 1. The number of carboxylic acid groups (broad SMARTS) is 1. The summed E-state index contributed by atoms with van der Waals surface area (Å²) in [5.41, 5.74) is 3.33. The second-order valence-corrected chi connectivity index (χ2v) is 12.1. The largest absolute Gasteiger partial charge is 0.497 e. The van der Waals surface area contributed by atoms with Gasteiger partial charge in [-0.25, -0.2) is 0 Å². The Morgan fingerprint density at radius 1 is 0.771 bits per heavy atom. The van der Waals surface area contributed by atoms with Crippen LogP contribution in [0.4, 0.5) is 0 Å². The van der Waals surface area contributed by atoms with Crippen molar-refractivity contribution in [1.82, 2.24) is 10.2 Å². The number of hydrogen-bond acceptors (Lipinski definition) is 6. The predicted molar refractivity (Wildman–Crippen MR) is 181 cm³/mol. The normalized spacial score (nSPS) is 18.7. The Morgan fingerprint density at radius 3 is 1.85 bits per heavy atom. The molecule has 2 aliphatic heterocycles. The second kappa shape index (κ2) is 13.3. The van der Waals surface area contributed by atoms with E-state index in [4.69, 9.17) is 14.2 Å². The molecule has 0 aliphatic carbocycles. The summed E-state index contributed by atoms with van der Waals surface area (Å²) >= 11 is 0. The van der Waals surface area contributed by atoms with Gasteiger partial charge in [-0.3, -0.25) is 14.5 Å². The number of carboxylic acids is 1. The van der Waals surface area contributed by atoms with E-state index in [-0.39, 0.29) is 19.2 Å². The molecule has 5 aromatic carbocycles. The number of ether oxygens (including phenoxy) is 3. The third-order valence-corrected chi connectivity index (χ3v) is 9.46. The molecule has 2 aliphatic rings. The molecular weight excluding hydrogens is 604 g/mol. The minimum Gasteiger partial charge on any atom is -0.497 e. The fourth-order valence-corrected chi connectivity index (χ4v) is 7.29. The number of aliphatic carboxylic acids is 1. The maximum absolute atomic E-state index is 14.5. The van der Waals surface area contributed by atoms with Crippen molar-refractivity contribution >= 4 is 11.9 Å². The third kappa shape index (κ3) is 5.75. The van der Waals surface area contributed by atoms with Crippen LogP contribution in [0.1, 0.15) is 39.8 Å². The van der Waals surface area contributed by atoms with Crippen LogP contribution in [0, 0.1) is 5.92 Å². The van der Waals surface area contributed by atoms with Gasteiger partial charge in [0.15, 0.2) is 11.5 Å². The van der Waals surface area contributed by atoms with Gasteiger partial charge in [-0.2, -0.15) is 0 Å². The summed E-state index contributed by atoms with van der Waals surface area (Å²) in [6.45, 7) is 0.435. The van der Waals surface area contributed by atoms with Crippen molar-refractivity contribution in [3.05, 3.63) is 161 Å². The summed E-state index contributed by atoms with van der Waals surface area (Å²) in [7, 11) is 1.59. The first-order valence-electron chi connectivity index (χ1n) is 16.0. The molecule has 3 atom stereocenters. The molecule has 5 aromatic rings. The summed E-state index contributed by atoms with van der Waals surface area (Å²) in [4.78, 5) is 29.6. The first kappa shape index (κ1) is 31.0. The number of hydrogen-bond donors (Lipinski definition) is 2. The molecular formula is C40H36N2O6. The van der Waals surface area contributed by atoms with Gasteiger partial charge in [-0.15, -0.1) is 0 Å². The molecule has 2 N–H and O–H groups in total. The predicted octanol–water partition coefficient (Wildman–Crippen LogP) is 6.37. The number of methoxy groups -OCH3 is 1. The molecule has 1 saturated heterocycles. The molecule has 2 heterocycles. The molecule has 8 nitrogen and oxygen atoms in total. The number of fused-ring (bicyclic) bond motifs is 1. The van der Waals surface area contributed by atoms with Gasteiger partial charge in [-0.05, 0) is 52.1 Å². The second-order valence-electron chi connectivity index (χ2n) is 12.1. The van der Waals surface area contributed by atoms with Gasteiger partial charge in [0.1, 0.15) is 11.3 Å². The van der Waals surface area contributed by atoms with Crippen molar-refractivity contribution in [3.8, 4) is 17.2 Å². The van der Waals surface area contributed by atoms with E-state index in [1.165, 1.54) is 0 Å². The lowest BCUT2D eigenvalue weighted by atomic mass is 9.77. The van der Waals surface area contributed by atoms with Gasteiger partial charge < -0.3 is 24.6 Å². The molecule has 1 amide bonds. The van der Waals surface area contributed by atoms with Crippen LogP contribution < -0.4 is 19.5 Å². The van der Waals surface area contributed by atoms with E-state index in [9.17, 15) is 14.7 Å². The van der Waals surface area contributed by atoms with Gasteiger partial charge in [0.05, 0.1) is 19.6 Å². The Kier molecular flexibility index (Phi) is 8.57. The molecule has 0 radical (unpaired) electrons. The summed E-state index contributed by atoms with van der Waals surface area (Å²) < 4.78 is 16.6. The highest BCUT2D eigenvalue weighted by Gasteiger charge is 2.49. The highest BCUT2D eigenvalue weighted by Crippen LogP contribution is 2.48.